The number of thiophene rings is 1. The highest BCUT2D eigenvalue weighted by atomic mass is 32.1. The monoisotopic (exact) mass is 454 g/mol. The van der Waals surface area contributed by atoms with Crippen LogP contribution in [0.1, 0.15) is 52.5 Å². The number of hydrogen-bond acceptors (Lipinski definition) is 6. The Morgan fingerprint density at radius 1 is 1.00 bits per heavy atom. The van der Waals surface area contributed by atoms with Crippen LogP contribution in [0.15, 0.2) is 47.3 Å². The molecule has 8 heteroatoms. The van der Waals surface area contributed by atoms with Crippen LogP contribution in [0.3, 0.4) is 0 Å². The van der Waals surface area contributed by atoms with E-state index in [-0.39, 0.29) is 11.8 Å². The van der Waals surface area contributed by atoms with E-state index in [1.54, 1.807) is 17.4 Å². The molecule has 1 N–H and O–H groups in total. The zero-order valence-corrected chi connectivity index (χ0v) is 19.3. The van der Waals surface area contributed by atoms with Gasteiger partial charge in [0.2, 0.25) is 0 Å². The number of carbonyl (C=O) groups excluding carboxylic acids is 2. The van der Waals surface area contributed by atoms with Crippen molar-refractivity contribution < 1.29 is 9.59 Å². The summed E-state index contributed by atoms with van der Waals surface area (Å²) in [6.07, 6.45) is 2.70. The Balaban J connectivity index is 1.42. The molecule has 31 heavy (non-hydrogen) atoms. The maximum absolute atomic E-state index is 13.2. The molecule has 0 saturated carbocycles. The Hall–Kier alpha value is -2.71. The average Bonchev–Trinajstić information content (AvgIpc) is 3.41. The number of benzene rings is 1. The average molecular weight is 455 g/mol. The molecule has 1 saturated heterocycles. The minimum absolute atomic E-state index is 0.0345. The van der Waals surface area contributed by atoms with Gasteiger partial charge in [0, 0.05) is 43.3 Å². The van der Waals surface area contributed by atoms with Crippen LogP contribution in [0.4, 0.5) is 10.1 Å². The van der Waals surface area contributed by atoms with Crippen LogP contribution in [0, 0.1) is 0 Å². The molecule has 3 heterocycles. The highest BCUT2D eigenvalue weighted by Gasteiger charge is 2.24. The third kappa shape index (κ3) is 4.97. The molecular formula is C23H26N4O2S2. The lowest BCUT2D eigenvalue weighted by Crippen LogP contribution is -2.35. The highest BCUT2D eigenvalue weighted by Crippen LogP contribution is 2.27. The molecule has 1 fully saturated rings. The Morgan fingerprint density at radius 3 is 2.52 bits per heavy atom. The Labute approximate surface area is 190 Å². The van der Waals surface area contributed by atoms with Crippen LogP contribution in [-0.4, -0.2) is 47.9 Å². The van der Waals surface area contributed by atoms with Gasteiger partial charge < -0.3 is 15.1 Å². The molecule has 0 atom stereocenters. The largest absolute Gasteiger partial charge is 0.346 e. The second-order valence-corrected chi connectivity index (χ2v) is 9.63. The van der Waals surface area contributed by atoms with E-state index < -0.39 is 0 Å². The summed E-state index contributed by atoms with van der Waals surface area (Å²) in [4.78, 5) is 34.4. The molecule has 6 nitrogen and oxygen atoms in total. The third-order valence-corrected chi connectivity index (χ3v) is 7.10. The lowest BCUT2D eigenvalue weighted by molar-refractivity contribution is 0.0768. The van der Waals surface area contributed by atoms with Gasteiger partial charge in [0.25, 0.3) is 11.8 Å². The van der Waals surface area contributed by atoms with Crippen LogP contribution in [0.2, 0.25) is 0 Å². The van der Waals surface area contributed by atoms with Crippen LogP contribution >= 0.6 is 22.7 Å². The van der Waals surface area contributed by atoms with Gasteiger partial charge in [-0.15, -0.1) is 22.7 Å². The van der Waals surface area contributed by atoms with Crippen LogP contribution < -0.4 is 10.2 Å². The Kier molecular flexibility index (Phi) is 6.67. The first kappa shape index (κ1) is 21.5. The molecule has 0 spiro atoms. The number of nitrogens with one attached hydrogen (secondary N) is 1. The second-order valence-electron chi connectivity index (χ2n) is 7.84. The van der Waals surface area contributed by atoms with Crippen molar-refractivity contribution in [2.45, 2.75) is 26.2 Å². The van der Waals surface area contributed by atoms with Gasteiger partial charge in [-0.05, 0) is 41.5 Å². The number of rotatable bonds is 5. The zero-order valence-electron chi connectivity index (χ0n) is 17.7. The van der Waals surface area contributed by atoms with Crippen molar-refractivity contribution in [2.24, 2.45) is 0 Å². The molecule has 1 aliphatic rings. The molecule has 3 aromatic rings. The Morgan fingerprint density at radius 2 is 1.81 bits per heavy atom. The van der Waals surface area contributed by atoms with Gasteiger partial charge in [0.05, 0.1) is 5.56 Å². The van der Waals surface area contributed by atoms with Gasteiger partial charge >= 0.3 is 0 Å². The first-order valence-corrected chi connectivity index (χ1v) is 12.2. The molecule has 2 amide bonds. The van der Waals surface area contributed by atoms with Crippen molar-refractivity contribution in [1.29, 1.82) is 0 Å². The van der Waals surface area contributed by atoms with Crippen LogP contribution in [0.5, 0.6) is 0 Å². The van der Waals surface area contributed by atoms with E-state index in [2.05, 4.69) is 29.0 Å². The summed E-state index contributed by atoms with van der Waals surface area (Å²) >= 11 is 3.00. The molecule has 0 aliphatic carbocycles. The van der Waals surface area contributed by atoms with E-state index in [0.717, 1.165) is 24.6 Å². The minimum Gasteiger partial charge on any atom is -0.346 e. The zero-order chi connectivity index (χ0) is 21.8. The van der Waals surface area contributed by atoms with E-state index in [1.165, 1.54) is 16.9 Å². The van der Waals surface area contributed by atoms with Gasteiger partial charge in [-0.1, -0.05) is 26.0 Å². The molecule has 1 aliphatic heterocycles. The second kappa shape index (κ2) is 9.62. The van der Waals surface area contributed by atoms with Gasteiger partial charge in [-0.2, -0.15) is 0 Å². The third-order valence-electron chi connectivity index (χ3n) is 5.44. The minimum atomic E-state index is -0.197. The van der Waals surface area contributed by atoms with E-state index in [0.29, 0.717) is 35.1 Å². The predicted octanol–water partition coefficient (Wildman–Crippen LogP) is 4.93. The van der Waals surface area contributed by atoms with E-state index in [9.17, 15) is 9.59 Å². The highest BCUT2D eigenvalue weighted by molar-refractivity contribution is 7.14. The first-order valence-electron chi connectivity index (χ1n) is 10.5. The molecule has 2 aromatic heterocycles. The lowest BCUT2D eigenvalue weighted by Gasteiger charge is -2.22. The van der Waals surface area contributed by atoms with Crippen molar-refractivity contribution in [3.63, 3.8) is 0 Å². The van der Waals surface area contributed by atoms with Crippen molar-refractivity contribution in [3.05, 3.63) is 64.0 Å². The molecule has 0 unspecified atom stereocenters. The Bertz CT molecular complexity index is 1030. The number of carbonyl (C=O) groups is 2. The van der Waals surface area contributed by atoms with Gasteiger partial charge in [-0.25, -0.2) is 4.98 Å². The van der Waals surface area contributed by atoms with Crippen molar-refractivity contribution in [1.82, 2.24) is 9.88 Å². The number of amides is 2. The summed E-state index contributed by atoms with van der Waals surface area (Å²) < 4.78 is 0. The molecule has 4 rings (SSSR count). The molecular weight excluding hydrogens is 428 g/mol. The van der Waals surface area contributed by atoms with Crippen molar-refractivity contribution in [2.75, 3.05) is 36.4 Å². The summed E-state index contributed by atoms with van der Waals surface area (Å²) in [5.41, 5.74) is 2.33. The van der Waals surface area contributed by atoms with Gasteiger partial charge in [-0.3, -0.25) is 9.59 Å². The molecule has 162 valence electrons. The van der Waals surface area contributed by atoms with E-state index in [4.69, 9.17) is 0 Å². The molecule has 1 aromatic carbocycles. The summed E-state index contributed by atoms with van der Waals surface area (Å²) in [6.45, 7) is 7.22. The summed E-state index contributed by atoms with van der Waals surface area (Å²) in [5.74, 6) is 0.184. The normalized spacial score (nSPS) is 14.5. The number of thiazole rings is 1. The number of hydrogen-bond donors (Lipinski definition) is 1. The summed E-state index contributed by atoms with van der Waals surface area (Å²) in [7, 11) is 0. The van der Waals surface area contributed by atoms with E-state index in [1.807, 2.05) is 46.1 Å². The SMILES string of the molecule is CC(C)c1ccc(C(=O)Nc2sccc2C(=O)N2CCCN(c3nccs3)CC2)cc1. The number of aromatic nitrogens is 1. The summed E-state index contributed by atoms with van der Waals surface area (Å²) in [6, 6.07) is 9.43. The van der Waals surface area contributed by atoms with Crippen LogP contribution in [-0.2, 0) is 0 Å². The fourth-order valence-electron chi connectivity index (χ4n) is 3.62. The van der Waals surface area contributed by atoms with E-state index >= 15 is 0 Å². The molecule has 0 bridgehead atoms. The molecule has 0 radical (unpaired) electrons. The first-order chi connectivity index (χ1) is 15.0. The maximum atomic E-state index is 13.2. The van der Waals surface area contributed by atoms with Crippen molar-refractivity contribution in [3.8, 4) is 0 Å². The quantitative estimate of drug-likeness (QED) is 0.593. The fraction of sp³-hybridized carbons (Fsp3) is 0.348. The number of anilines is 2. The van der Waals surface area contributed by atoms with Crippen LogP contribution in [0.25, 0.3) is 0 Å². The topological polar surface area (TPSA) is 65.5 Å². The standard InChI is InChI=1S/C23H26N4O2S2/c1-16(2)17-4-6-18(7-5-17)20(28)25-21-19(8-14-30-21)22(29)26-10-3-11-27(13-12-26)23-24-9-15-31-23/h4-9,14-16H,3,10-13H2,1-2H3,(H,25,28). The number of nitrogens with zero attached hydrogens (tertiary/aromatic N) is 3. The maximum Gasteiger partial charge on any atom is 0.256 e. The van der Waals surface area contributed by atoms with Gasteiger partial charge in [0.1, 0.15) is 5.00 Å². The predicted molar refractivity (Wildman–Crippen MR) is 128 cm³/mol. The lowest BCUT2D eigenvalue weighted by atomic mass is 10.0. The fourth-order valence-corrected chi connectivity index (χ4v) is 5.09. The summed E-state index contributed by atoms with van der Waals surface area (Å²) in [5, 5.41) is 8.36. The van der Waals surface area contributed by atoms with Gasteiger partial charge in [0.15, 0.2) is 5.13 Å². The smallest absolute Gasteiger partial charge is 0.256 e. The van der Waals surface area contributed by atoms with Crippen molar-refractivity contribution >= 4 is 44.6 Å².